The van der Waals surface area contributed by atoms with E-state index in [4.69, 9.17) is 9.47 Å². The van der Waals surface area contributed by atoms with E-state index in [1.54, 1.807) is 30.3 Å². The number of carbonyl (C=O) groups excluding carboxylic acids is 1. The van der Waals surface area contributed by atoms with Crippen molar-refractivity contribution in [2.24, 2.45) is 0 Å². The molecule has 0 unspecified atom stereocenters. The largest absolute Gasteiger partial charge is 0.455 e. The molecular formula is C22H19BrN2O5S. The number of rotatable bonds is 4. The number of aryl methyl sites for hydroxylation is 1. The number of nitrogens with zero attached hydrogens (tertiary/aromatic N) is 1. The molecule has 0 spiro atoms. The van der Waals surface area contributed by atoms with Crippen molar-refractivity contribution in [3.8, 4) is 23.0 Å². The lowest BCUT2D eigenvalue weighted by Gasteiger charge is -2.18. The molecule has 7 nitrogen and oxygen atoms in total. The predicted molar refractivity (Wildman–Crippen MR) is 121 cm³/mol. The van der Waals surface area contributed by atoms with Gasteiger partial charge in [-0.25, -0.2) is 12.7 Å². The van der Waals surface area contributed by atoms with Crippen LogP contribution in [0.4, 0.5) is 5.69 Å². The maximum atomic E-state index is 13.0. The van der Waals surface area contributed by atoms with Crippen LogP contribution in [-0.2, 0) is 10.0 Å². The van der Waals surface area contributed by atoms with Gasteiger partial charge >= 0.3 is 0 Å². The molecule has 160 valence electrons. The molecule has 0 bridgehead atoms. The Kier molecular flexibility index (Phi) is 5.50. The number of fused-ring (bicyclic) bond motifs is 2. The average molecular weight is 503 g/mol. The number of para-hydroxylation sites is 1. The summed E-state index contributed by atoms with van der Waals surface area (Å²) in [6.07, 6.45) is 0. The molecule has 4 rings (SSSR count). The Hall–Kier alpha value is -2.88. The summed E-state index contributed by atoms with van der Waals surface area (Å²) in [5.41, 5.74) is 1.54. The molecule has 0 aliphatic carbocycles. The molecule has 0 saturated carbocycles. The molecule has 1 aliphatic heterocycles. The summed E-state index contributed by atoms with van der Waals surface area (Å²) in [5, 5.41) is 2.78. The molecule has 0 atom stereocenters. The van der Waals surface area contributed by atoms with Gasteiger partial charge in [-0.15, -0.1) is 0 Å². The van der Waals surface area contributed by atoms with Gasteiger partial charge in [-0.1, -0.05) is 18.2 Å². The highest BCUT2D eigenvalue weighted by Crippen LogP contribution is 2.42. The number of hydrogen-bond donors (Lipinski definition) is 1. The Labute approximate surface area is 188 Å². The number of carbonyl (C=O) groups is 1. The van der Waals surface area contributed by atoms with Gasteiger partial charge in [-0.2, -0.15) is 0 Å². The van der Waals surface area contributed by atoms with Gasteiger partial charge in [0.1, 0.15) is 16.4 Å². The highest BCUT2D eigenvalue weighted by Gasteiger charge is 2.30. The minimum absolute atomic E-state index is 0.0442. The van der Waals surface area contributed by atoms with E-state index in [0.29, 0.717) is 21.7 Å². The first-order chi connectivity index (χ1) is 14.7. The van der Waals surface area contributed by atoms with Crippen LogP contribution < -0.4 is 14.8 Å². The quantitative estimate of drug-likeness (QED) is 0.532. The van der Waals surface area contributed by atoms with Crippen LogP contribution in [0.5, 0.6) is 23.0 Å². The zero-order valence-electron chi connectivity index (χ0n) is 17.0. The maximum Gasteiger partial charge on any atom is 0.259 e. The van der Waals surface area contributed by atoms with E-state index in [1.807, 2.05) is 19.1 Å². The molecule has 1 heterocycles. The number of anilines is 1. The molecule has 31 heavy (non-hydrogen) atoms. The number of halogens is 1. The maximum absolute atomic E-state index is 13.0. The summed E-state index contributed by atoms with van der Waals surface area (Å²) in [6.45, 7) is 1.90. The molecule has 1 amide bonds. The van der Waals surface area contributed by atoms with Crippen molar-refractivity contribution in [1.82, 2.24) is 4.31 Å². The third-order valence-corrected chi connectivity index (χ3v) is 7.20. The van der Waals surface area contributed by atoms with Gasteiger partial charge in [0.05, 0.1) is 15.7 Å². The lowest BCUT2D eigenvalue weighted by molar-refractivity contribution is 0.102. The zero-order chi connectivity index (χ0) is 22.3. The van der Waals surface area contributed by atoms with Crippen molar-refractivity contribution in [2.45, 2.75) is 11.8 Å². The fourth-order valence-corrected chi connectivity index (χ4v) is 4.45. The minimum atomic E-state index is -3.93. The summed E-state index contributed by atoms with van der Waals surface area (Å²) >= 11 is 3.40. The smallest absolute Gasteiger partial charge is 0.259 e. The topological polar surface area (TPSA) is 84.9 Å². The number of hydrogen-bond acceptors (Lipinski definition) is 5. The minimum Gasteiger partial charge on any atom is -0.455 e. The van der Waals surface area contributed by atoms with Crippen LogP contribution in [0.1, 0.15) is 15.9 Å². The van der Waals surface area contributed by atoms with Crippen molar-refractivity contribution in [3.63, 3.8) is 0 Å². The highest BCUT2D eigenvalue weighted by atomic mass is 79.9. The van der Waals surface area contributed by atoms with Crippen LogP contribution in [0.3, 0.4) is 0 Å². The van der Waals surface area contributed by atoms with E-state index >= 15 is 0 Å². The molecular weight excluding hydrogens is 484 g/mol. The second-order valence-corrected chi connectivity index (χ2v) is 10.1. The van der Waals surface area contributed by atoms with E-state index in [0.717, 1.165) is 9.87 Å². The lowest BCUT2D eigenvalue weighted by Crippen LogP contribution is -2.23. The first-order valence-electron chi connectivity index (χ1n) is 9.29. The third kappa shape index (κ3) is 4.04. The zero-order valence-corrected chi connectivity index (χ0v) is 19.4. The van der Waals surface area contributed by atoms with Gasteiger partial charge in [-0.3, -0.25) is 4.79 Å². The highest BCUT2D eigenvalue weighted by molar-refractivity contribution is 9.10. The summed E-state index contributed by atoms with van der Waals surface area (Å²) in [7, 11) is -1.10. The summed E-state index contributed by atoms with van der Waals surface area (Å²) in [6, 6.07) is 15.2. The third-order valence-electron chi connectivity index (χ3n) is 4.71. The number of amides is 1. The van der Waals surface area contributed by atoms with Gasteiger partial charge in [0, 0.05) is 20.2 Å². The summed E-state index contributed by atoms with van der Waals surface area (Å²) < 4.78 is 39.7. The summed E-state index contributed by atoms with van der Waals surface area (Å²) in [5.74, 6) is 0.643. The van der Waals surface area contributed by atoms with Gasteiger partial charge in [0.25, 0.3) is 5.91 Å². The van der Waals surface area contributed by atoms with Crippen LogP contribution in [0.15, 0.2) is 64.0 Å². The predicted octanol–water partition coefficient (Wildman–Crippen LogP) is 5.16. The molecule has 3 aromatic rings. The molecule has 0 radical (unpaired) electrons. The Morgan fingerprint density at radius 3 is 2.45 bits per heavy atom. The fraction of sp³-hybridized carbons (Fsp3) is 0.136. The average Bonchev–Trinajstić information content (AvgIpc) is 2.84. The van der Waals surface area contributed by atoms with Crippen LogP contribution in [0.2, 0.25) is 0 Å². The number of nitrogens with one attached hydrogen (secondary N) is 1. The monoisotopic (exact) mass is 502 g/mol. The second kappa shape index (κ2) is 7.99. The molecule has 1 N–H and O–H groups in total. The normalized spacial score (nSPS) is 13.0. The Morgan fingerprint density at radius 1 is 1.00 bits per heavy atom. The van der Waals surface area contributed by atoms with E-state index < -0.39 is 15.9 Å². The molecule has 1 aliphatic rings. The number of sulfonamides is 1. The first-order valence-corrected chi connectivity index (χ1v) is 11.5. The van der Waals surface area contributed by atoms with E-state index in [-0.39, 0.29) is 22.0 Å². The molecule has 0 saturated heterocycles. The van der Waals surface area contributed by atoms with Gasteiger partial charge < -0.3 is 14.8 Å². The number of benzene rings is 3. The van der Waals surface area contributed by atoms with Crippen LogP contribution in [0, 0.1) is 6.92 Å². The molecule has 9 heteroatoms. The van der Waals surface area contributed by atoms with Crippen molar-refractivity contribution in [1.29, 1.82) is 0 Å². The lowest BCUT2D eigenvalue weighted by atomic mass is 10.1. The molecule has 3 aromatic carbocycles. The fourth-order valence-electron chi connectivity index (χ4n) is 3.07. The van der Waals surface area contributed by atoms with Gasteiger partial charge in [0.2, 0.25) is 10.0 Å². The molecule has 0 fully saturated rings. The van der Waals surface area contributed by atoms with Gasteiger partial charge in [-0.05, 0) is 58.7 Å². The van der Waals surface area contributed by atoms with Crippen molar-refractivity contribution >= 4 is 37.5 Å². The standard InChI is InChI=1S/C22H19BrN2O5S/c1-13-8-9-18-16(10-13)24-22(26)14-11-21(31(27,28)25(2)3)20(12-19(14)30-18)29-17-7-5-4-6-15(17)23/h4-12H,1-3H3,(H,24,26). The summed E-state index contributed by atoms with van der Waals surface area (Å²) in [4.78, 5) is 12.8. The Balaban J connectivity index is 1.91. The van der Waals surface area contributed by atoms with E-state index in [1.165, 1.54) is 26.2 Å². The van der Waals surface area contributed by atoms with Crippen LogP contribution >= 0.6 is 15.9 Å². The Morgan fingerprint density at radius 2 is 1.74 bits per heavy atom. The van der Waals surface area contributed by atoms with Crippen molar-refractivity contribution in [3.05, 3.63) is 70.2 Å². The Bertz CT molecular complexity index is 1310. The van der Waals surface area contributed by atoms with Crippen molar-refractivity contribution < 1.29 is 22.7 Å². The second-order valence-electron chi connectivity index (χ2n) is 7.17. The SMILES string of the molecule is Cc1ccc2c(c1)NC(=O)c1cc(S(=O)(=O)N(C)C)c(Oc3ccccc3Br)cc1O2. The molecule has 0 aromatic heterocycles. The van der Waals surface area contributed by atoms with E-state index in [2.05, 4.69) is 21.2 Å². The van der Waals surface area contributed by atoms with Crippen LogP contribution in [0.25, 0.3) is 0 Å². The van der Waals surface area contributed by atoms with Gasteiger partial charge in [0.15, 0.2) is 11.5 Å². The van der Waals surface area contributed by atoms with Crippen molar-refractivity contribution in [2.75, 3.05) is 19.4 Å². The van der Waals surface area contributed by atoms with Crippen LogP contribution in [-0.4, -0.2) is 32.7 Å². The van der Waals surface area contributed by atoms with E-state index in [9.17, 15) is 13.2 Å². The first kappa shape index (κ1) is 21.4. The number of ether oxygens (including phenoxy) is 2.